The molecule has 0 aliphatic carbocycles. The van der Waals surface area contributed by atoms with E-state index in [-0.39, 0.29) is 23.2 Å². The van der Waals surface area contributed by atoms with E-state index in [1.54, 1.807) is 6.07 Å². The lowest BCUT2D eigenvalue weighted by Crippen LogP contribution is -2.31. The van der Waals surface area contributed by atoms with Crippen molar-refractivity contribution in [2.45, 2.75) is 13.1 Å². The molecule has 0 aromatic heterocycles. The summed E-state index contributed by atoms with van der Waals surface area (Å²) in [6.45, 7) is 0.126. The molecular weight excluding hydrogens is 388 g/mol. The number of benzene rings is 2. The molecule has 1 aliphatic rings. The lowest BCUT2D eigenvalue weighted by Gasteiger charge is -2.17. The number of rotatable bonds is 2. The standard InChI is InChI=1S/C15H10BrF2N3O3/c16-9-4-11(17)14(12(18)5-9)19-15(22)20-6-8-2-1-3-13(21(23)24)10(8)7-20/h1-5H,6-7H2,(H,19,22). The van der Waals surface area contributed by atoms with Gasteiger partial charge >= 0.3 is 6.03 Å². The van der Waals surface area contributed by atoms with E-state index >= 15 is 0 Å². The minimum atomic E-state index is -0.919. The van der Waals surface area contributed by atoms with Gasteiger partial charge in [0, 0.05) is 17.1 Å². The Hall–Kier alpha value is -2.55. The number of anilines is 1. The summed E-state index contributed by atoms with van der Waals surface area (Å²) in [7, 11) is 0. The van der Waals surface area contributed by atoms with Crippen molar-refractivity contribution in [3.05, 3.63) is 67.7 Å². The molecule has 124 valence electrons. The largest absolute Gasteiger partial charge is 0.322 e. The Labute approximate surface area is 143 Å². The number of hydrogen-bond acceptors (Lipinski definition) is 3. The van der Waals surface area contributed by atoms with Gasteiger partial charge in [-0.25, -0.2) is 13.6 Å². The van der Waals surface area contributed by atoms with E-state index < -0.39 is 28.3 Å². The minimum absolute atomic E-state index is 0.00190. The summed E-state index contributed by atoms with van der Waals surface area (Å²) in [5.74, 6) is -1.84. The van der Waals surface area contributed by atoms with Crippen LogP contribution in [0.4, 0.5) is 25.0 Å². The van der Waals surface area contributed by atoms with Crippen LogP contribution in [0.25, 0.3) is 0 Å². The first-order valence-electron chi connectivity index (χ1n) is 6.82. The highest BCUT2D eigenvalue weighted by Gasteiger charge is 2.30. The fourth-order valence-corrected chi connectivity index (χ4v) is 2.97. The molecule has 1 heterocycles. The number of halogens is 3. The molecule has 0 atom stereocenters. The second-order valence-corrected chi connectivity index (χ2v) is 6.12. The Morgan fingerprint density at radius 2 is 1.92 bits per heavy atom. The summed E-state index contributed by atoms with van der Waals surface area (Å²) >= 11 is 2.95. The first-order valence-corrected chi connectivity index (χ1v) is 7.61. The van der Waals surface area contributed by atoms with E-state index in [9.17, 15) is 23.7 Å². The van der Waals surface area contributed by atoms with Crippen molar-refractivity contribution >= 4 is 33.3 Å². The van der Waals surface area contributed by atoms with E-state index in [2.05, 4.69) is 21.2 Å². The molecular formula is C15H10BrF2N3O3. The maximum absolute atomic E-state index is 13.8. The zero-order valence-electron chi connectivity index (χ0n) is 12.1. The van der Waals surface area contributed by atoms with Crippen molar-refractivity contribution in [3.8, 4) is 0 Å². The molecule has 2 amide bonds. The van der Waals surface area contributed by atoms with Gasteiger partial charge in [0.25, 0.3) is 5.69 Å². The van der Waals surface area contributed by atoms with Crippen LogP contribution in [0.2, 0.25) is 0 Å². The Kier molecular flexibility index (Phi) is 4.18. The van der Waals surface area contributed by atoms with Crippen LogP contribution < -0.4 is 5.32 Å². The molecule has 6 nitrogen and oxygen atoms in total. The van der Waals surface area contributed by atoms with E-state index in [1.165, 1.54) is 17.0 Å². The average molecular weight is 398 g/mol. The molecule has 24 heavy (non-hydrogen) atoms. The molecule has 0 fully saturated rings. The van der Waals surface area contributed by atoms with Gasteiger partial charge in [-0.15, -0.1) is 0 Å². The van der Waals surface area contributed by atoms with Gasteiger partial charge in [0.15, 0.2) is 11.6 Å². The van der Waals surface area contributed by atoms with Crippen LogP contribution in [0.15, 0.2) is 34.8 Å². The third-order valence-electron chi connectivity index (χ3n) is 3.68. The molecule has 1 aliphatic heterocycles. The second-order valence-electron chi connectivity index (χ2n) is 5.20. The Morgan fingerprint density at radius 3 is 2.54 bits per heavy atom. The van der Waals surface area contributed by atoms with Crippen LogP contribution in [-0.4, -0.2) is 15.9 Å². The number of amides is 2. The number of fused-ring (bicyclic) bond motifs is 1. The van der Waals surface area contributed by atoms with E-state index in [0.29, 0.717) is 11.1 Å². The molecule has 3 rings (SSSR count). The number of carbonyl (C=O) groups is 1. The quantitative estimate of drug-likeness (QED) is 0.609. The monoisotopic (exact) mass is 397 g/mol. The van der Waals surface area contributed by atoms with Gasteiger partial charge in [-0.2, -0.15) is 0 Å². The van der Waals surface area contributed by atoms with Gasteiger partial charge in [0.2, 0.25) is 0 Å². The SMILES string of the molecule is O=C(Nc1c(F)cc(Br)cc1F)N1Cc2cccc([N+](=O)[O-])c2C1. The van der Waals surface area contributed by atoms with Crippen LogP contribution in [0.3, 0.4) is 0 Å². The van der Waals surface area contributed by atoms with Crippen molar-refractivity contribution in [2.24, 2.45) is 0 Å². The summed E-state index contributed by atoms with van der Waals surface area (Å²) in [5.41, 5.74) is 0.419. The fourth-order valence-electron chi connectivity index (χ4n) is 2.57. The number of nitrogens with one attached hydrogen (secondary N) is 1. The topological polar surface area (TPSA) is 75.5 Å². The third kappa shape index (κ3) is 2.94. The normalized spacial score (nSPS) is 12.9. The maximum Gasteiger partial charge on any atom is 0.322 e. The zero-order valence-corrected chi connectivity index (χ0v) is 13.6. The van der Waals surface area contributed by atoms with E-state index in [0.717, 1.165) is 12.1 Å². The van der Waals surface area contributed by atoms with E-state index in [1.807, 2.05) is 0 Å². The lowest BCUT2D eigenvalue weighted by molar-refractivity contribution is -0.385. The Morgan fingerprint density at radius 1 is 1.25 bits per heavy atom. The number of hydrogen-bond donors (Lipinski definition) is 1. The number of carbonyl (C=O) groups excluding carboxylic acids is 1. The van der Waals surface area contributed by atoms with Crippen molar-refractivity contribution < 1.29 is 18.5 Å². The molecule has 0 spiro atoms. The van der Waals surface area contributed by atoms with Gasteiger partial charge in [0.05, 0.1) is 17.0 Å². The minimum Gasteiger partial charge on any atom is -0.316 e. The van der Waals surface area contributed by atoms with E-state index in [4.69, 9.17) is 0 Å². The zero-order chi connectivity index (χ0) is 17.4. The third-order valence-corrected chi connectivity index (χ3v) is 4.14. The Bertz CT molecular complexity index is 837. The van der Waals surface area contributed by atoms with Crippen molar-refractivity contribution in [2.75, 3.05) is 5.32 Å². The van der Waals surface area contributed by atoms with Crippen molar-refractivity contribution in [1.29, 1.82) is 0 Å². The van der Waals surface area contributed by atoms with Crippen molar-refractivity contribution in [3.63, 3.8) is 0 Å². The molecule has 0 saturated heterocycles. The smallest absolute Gasteiger partial charge is 0.316 e. The number of nitrogens with zero attached hydrogens (tertiary/aromatic N) is 2. The van der Waals surface area contributed by atoms with Gasteiger partial charge in [-0.3, -0.25) is 10.1 Å². The van der Waals surface area contributed by atoms with Crippen LogP contribution in [0.5, 0.6) is 0 Å². The van der Waals surface area contributed by atoms with Crippen LogP contribution in [0.1, 0.15) is 11.1 Å². The summed E-state index contributed by atoms with van der Waals surface area (Å²) in [6, 6.07) is 5.89. The molecule has 0 bridgehead atoms. The van der Waals surface area contributed by atoms with Crippen molar-refractivity contribution in [1.82, 2.24) is 4.90 Å². The van der Waals surface area contributed by atoms with Gasteiger partial charge < -0.3 is 10.2 Å². The van der Waals surface area contributed by atoms with Gasteiger partial charge in [-0.05, 0) is 17.7 Å². The number of nitro groups is 1. The van der Waals surface area contributed by atoms with Gasteiger partial charge in [0.1, 0.15) is 5.69 Å². The van der Waals surface area contributed by atoms with Gasteiger partial charge in [-0.1, -0.05) is 28.1 Å². The summed E-state index contributed by atoms with van der Waals surface area (Å²) in [5, 5.41) is 13.2. The molecule has 9 heteroatoms. The number of nitro benzene ring substituents is 1. The molecule has 0 saturated carbocycles. The predicted octanol–water partition coefficient (Wildman–Crippen LogP) is 4.18. The number of urea groups is 1. The average Bonchev–Trinajstić information content (AvgIpc) is 2.94. The second kappa shape index (κ2) is 6.16. The summed E-state index contributed by atoms with van der Waals surface area (Å²) in [6.07, 6.45) is 0. The lowest BCUT2D eigenvalue weighted by atomic mass is 10.1. The molecule has 0 unspecified atom stereocenters. The summed E-state index contributed by atoms with van der Waals surface area (Å²) < 4.78 is 27.8. The highest BCUT2D eigenvalue weighted by Crippen LogP contribution is 2.31. The van der Waals surface area contributed by atoms with Crippen LogP contribution in [0, 0.1) is 21.7 Å². The maximum atomic E-state index is 13.8. The van der Waals surface area contributed by atoms with Crippen LogP contribution >= 0.6 is 15.9 Å². The molecule has 1 N–H and O–H groups in total. The molecule has 2 aromatic carbocycles. The Balaban J connectivity index is 1.81. The highest BCUT2D eigenvalue weighted by atomic mass is 79.9. The predicted molar refractivity (Wildman–Crippen MR) is 85.4 cm³/mol. The molecule has 2 aromatic rings. The fraction of sp³-hybridized carbons (Fsp3) is 0.133. The summed E-state index contributed by atoms with van der Waals surface area (Å²) in [4.78, 5) is 24.0. The first-order chi connectivity index (χ1) is 11.4. The van der Waals surface area contributed by atoms with Crippen LogP contribution in [-0.2, 0) is 13.1 Å². The molecule has 0 radical (unpaired) electrons. The first kappa shape index (κ1) is 16.3. The highest BCUT2D eigenvalue weighted by molar-refractivity contribution is 9.10.